The number of carbonyl (C=O) groups is 2. The number of carbonyl (C=O) groups excluding carboxylic acids is 1. The fraction of sp³-hybridized carbons (Fsp3) is 0.529. The topological polar surface area (TPSA) is 75.6 Å². The van der Waals surface area contributed by atoms with Crippen molar-refractivity contribution in [1.82, 2.24) is 5.32 Å². The number of hydrogen-bond acceptors (Lipinski definition) is 3. The van der Waals surface area contributed by atoms with Crippen molar-refractivity contribution in [1.29, 1.82) is 0 Å². The van der Waals surface area contributed by atoms with Gasteiger partial charge in [0.1, 0.15) is 5.60 Å². The van der Waals surface area contributed by atoms with Crippen LogP contribution in [-0.4, -0.2) is 28.8 Å². The molecule has 0 aromatic heterocycles. The molecule has 1 aliphatic rings. The van der Waals surface area contributed by atoms with Gasteiger partial charge in [0.2, 0.25) is 0 Å². The molecule has 5 nitrogen and oxygen atoms in total. The van der Waals surface area contributed by atoms with Crippen LogP contribution in [0.5, 0.6) is 0 Å². The Balaban J connectivity index is 2.05. The van der Waals surface area contributed by atoms with Crippen LogP contribution in [0.1, 0.15) is 45.1 Å². The lowest BCUT2D eigenvalue weighted by molar-refractivity contribution is -0.142. The van der Waals surface area contributed by atoms with E-state index in [9.17, 15) is 14.7 Å². The third-order valence-electron chi connectivity index (χ3n) is 3.83. The summed E-state index contributed by atoms with van der Waals surface area (Å²) in [6.07, 6.45) is 0.546. The SMILES string of the molecule is CC(C)(C)OC(=O)N[C@H]1C[C@@H](C(=O)O)[C@H](c2ccccc2)C1. The maximum absolute atomic E-state index is 11.9. The molecule has 0 spiro atoms. The van der Waals surface area contributed by atoms with Gasteiger partial charge in [0.05, 0.1) is 5.92 Å². The monoisotopic (exact) mass is 305 g/mol. The van der Waals surface area contributed by atoms with E-state index in [0.29, 0.717) is 12.8 Å². The number of aliphatic carboxylic acids is 1. The van der Waals surface area contributed by atoms with Gasteiger partial charge < -0.3 is 15.2 Å². The maximum atomic E-state index is 11.9. The Morgan fingerprint density at radius 3 is 2.36 bits per heavy atom. The number of hydrogen-bond donors (Lipinski definition) is 2. The molecule has 2 N–H and O–H groups in total. The van der Waals surface area contributed by atoms with Gasteiger partial charge in [-0.2, -0.15) is 0 Å². The number of carboxylic acid groups (broad SMARTS) is 1. The normalized spacial score (nSPS) is 24.8. The molecule has 1 amide bonds. The molecule has 0 saturated heterocycles. The lowest BCUT2D eigenvalue weighted by atomic mass is 9.89. The molecule has 0 unspecified atom stereocenters. The van der Waals surface area contributed by atoms with Crippen molar-refractivity contribution in [2.75, 3.05) is 0 Å². The van der Waals surface area contributed by atoms with E-state index in [1.807, 2.05) is 30.3 Å². The molecular weight excluding hydrogens is 282 g/mol. The highest BCUT2D eigenvalue weighted by atomic mass is 16.6. The molecule has 1 fully saturated rings. The van der Waals surface area contributed by atoms with E-state index >= 15 is 0 Å². The third-order valence-corrected chi connectivity index (χ3v) is 3.83. The quantitative estimate of drug-likeness (QED) is 0.899. The molecule has 22 heavy (non-hydrogen) atoms. The maximum Gasteiger partial charge on any atom is 0.407 e. The van der Waals surface area contributed by atoms with Crippen molar-refractivity contribution < 1.29 is 19.4 Å². The van der Waals surface area contributed by atoms with Gasteiger partial charge in [0.15, 0.2) is 0 Å². The zero-order valence-corrected chi connectivity index (χ0v) is 13.2. The van der Waals surface area contributed by atoms with E-state index in [0.717, 1.165) is 5.56 Å². The highest BCUT2D eigenvalue weighted by molar-refractivity contribution is 5.73. The molecule has 1 aromatic rings. The average Bonchev–Trinajstić information content (AvgIpc) is 2.81. The van der Waals surface area contributed by atoms with Gasteiger partial charge in [-0.3, -0.25) is 4.79 Å². The average molecular weight is 305 g/mol. The first-order valence-corrected chi connectivity index (χ1v) is 7.53. The second-order valence-corrected chi connectivity index (χ2v) is 6.78. The third kappa shape index (κ3) is 4.23. The molecule has 1 saturated carbocycles. The van der Waals surface area contributed by atoms with Crippen LogP contribution in [0.25, 0.3) is 0 Å². The van der Waals surface area contributed by atoms with Crippen LogP contribution in [0.15, 0.2) is 30.3 Å². The highest BCUT2D eigenvalue weighted by Crippen LogP contribution is 2.40. The Kier molecular flexibility index (Phi) is 4.74. The summed E-state index contributed by atoms with van der Waals surface area (Å²) in [5, 5.41) is 12.2. The zero-order chi connectivity index (χ0) is 16.3. The minimum atomic E-state index is -0.817. The molecule has 3 atom stereocenters. The van der Waals surface area contributed by atoms with Crippen molar-refractivity contribution in [2.45, 2.75) is 51.2 Å². The number of carboxylic acids is 1. The van der Waals surface area contributed by atoms with Crippen molar-refractivity contribution in [3.05, 3.63) is 35.9 Å². The summed E-state index contributed by atoms with van der Waals surface area (Å²) < 4.78 is 5.24. The Hall–Kier alpha value is -2.04. The van der Waals surface area contributed by atoms with Gasteiger partial charge in [-0.1, -0.05) is 30.3 Å². The number of amides is 1. The predicted molar refractivity (Wildman–Crippen MR) is 82.7 cm³/mol. The number of ether oxygens (including phenoxy) is 1. The first-order chi connectivity index (χ1) is 10.3. The first kappa shape index (κ1) is 16.3. The van der Waals surface area contributed by atoms with E-state index < -0.39 is 23.6 Å². The van der Waals surface area contributed by atoms with Crippen LogP contribution in [-0.2, 0) is 9.53 Å². The van der Waals surface area contributed by atoms with Gasteiger partial charge in [-0.25, -0.2) is 4.79 Å². The molecule has 0 radical (unpaired) electrons. The summed E-state index contributed by atoms with van der Waals surface area (Å²) in [4.78, 5) is 23.4. The number of benzene rings is 1. The molecule has 0 aliphatic heterocycles. The van der Waals surface area contributed by atoms with Gasteiger partial charge in [-0.05, 0) is 45.1 Å². The Labute approximate surface area is 130 Å². The molecule has 2 rings (SSSR count). The predicted octanol–water partition coefficient (Wildman–Crippen LogP) is 3.16. The summed E-state index contributed by atoms with van der Waals surface area (Å²) in [5.41, 5.74) is 0.441. The van der Waals surface area contributed by atoms with Crippen molar-refractivity contribution >= 4 is 12.1 Å². The molecule has 1 aromatic carbocycles. The lowest BCUT2D eigenvalue weighted by Gasteiger charge is -2.21. The smallest absolute Gasteiger partial charge is 0.407 e. The fourth-order valence-corrected chi connectivity index (χ4v) is 2.97. The zero-order valence-electron chi connectivity index (χ0n) is 13.2. The summed E-state index contributed by atoms with van der Waals surface area (Å²) in [5.74, 6) is -1.39. The van der Waals surface area contributed by atoms with E-state index in [4.69, 9.17) is 4.74 Å². The summed E-state index contributed by atoms with van der Waals surface area (Å²) in [7, 11) is 0. The molecule has 120 valence electrons. The summed E-state index contributed by atoms with van der Waals surface area (Å²) in [6, 6.07) is 9.42. The molecule has 0 bridgehead atoms. The van der Waals surface area contributed by atoms with Gasteiger partial charge in [0, 0.05) is 6.04 Å². The van der Waals surface area contributed by atoms with Crippen LogP contribution in [0.2, 0.25) is 0 Å². The second-order valence-electron chi connectivity index (χ2n) is 6.78. The molecule has 0 heterocycles. The standard InChI is InChI=1S/C17H23NO4/c1-17(2,3)22-16(21)18-12-9-13(14(10-12)15(19)20)11-7-5-4-6-8-11/h4-8,12-14H,9-10H2,1-3H3,(H,18,21)(H,19,20)/t12-,13+,14-/m1/s1. The van der Waals surface area contributed by atoms with Crippen LogP contribution >= 0.6 is 0 Å². The highest BCUT2D eigenvalue weighted by Gasteiger charge is 2.40. The Morgan fingerprint density at radius 1 is 1.18 bits per heavy atom. The van der Waals surface area contributed by atoms with E-state index in [1.165, 1.54) is 0 Å². The van der Waals surface area contributed by atoms with Crippen LogP contribution in [0.4, 0.5) is 4.79 Å². The van der Waals surface area contributed by atoms with Crippen LogP contribution in [0.3, 0.4) is 0 Å². The summed E-state index contributed by atoms with van der Waals surface area (Å²) in [6.45, 7) is 5.40. The van der Waals surface area contributed by atoms with E-state index in [2.05, 4.69) is 5.32 Å². The second kappa shape index (κ2) is 6.38. The van der Waals surface area contributed by atoms with Gasteiger partial charge in [0.25, 0.3) is 0 Å². The van der Waals surface area contributed by atoms with E-state index in [1.54, 1.807) is 20.8 Å². The minimum Gasteiger partial charge on any atom is -0.481 e. The van der Waals surface area contributed by atoms with Gasteiger partial charge >= 0.3 is 12.1 Å². The van der Waals surface area contributed by atoms with Crippen molar-refractivity contribution in [2.24, 2.45) is 5.92 Å². The molecular formula is C17H23NO4. The number of alkyl carbamates (subject to hydrolysis) is 1. The van der Waals surface area contributed by atoms with Crippen LogP contribution in [0, 0.1) is 5.92 Å². The molecule has 5 heteroatoms. The van der Waals surface area contributed by atoms with Gasteiger partial charge in [-0.15, -0.1) is 0 Å². The molecule has 1 aliphatic carbocycles. The van der Waals surface area contributed by atoms with Crippen molar-refractivity contribution in [3.8, 4) is 0 Å². The summed E-state index contributed by atoms with van der Waals surface area (Å²) >= 11 is 0. The number of rotatable bonds is 3. The Bertz CT molecular complexity index is 535. The lowest BCUT2D eigenvalue weighted by Crippen LogP contribution is -2.38. The van der Waals surface area contributed by atoms with Crippen molar-refractivity contribution in [3.63, 3.8) is 0 Å². The largest absolute Gasteiger partial charge is 0.481 e. The first-order valence-electron chi connectivity index (χ1n) is 7.53. The van der Waals surface area contributed by atoms with Crippen LogP contribution < -0.4 is 5.32 Å². The minimum absolute atomic E-state index is 0.0846. The fourth-order valence-electron chi connectivity index (χ4n) is 2.97. The van der Waals surface area contributed by atoms with E-state index in [-0.39, 0.29) is 12.0 Å². The number of nitrogens with one attached hydrogen (secondary N) is 1. The Morgan fingerprint density at radius 2 is 1.82 bits per heavy atom.